The highest BCUT2D eigenvalue weighted by molar-refractivity contribution is 7.20. The standard InChI is InChI=1S/C14H19Cl2NO2S/c1-9(11-8-12(15)20-14(11)16)17-7-3-2-4-10(17)5-6-13(18)19/h8-10H,2-7H2,1H3,(H,18,19). The Balaban J connectivity index is 2.10. The van der Waals surface area contributed by atoms with Gasteiger partial charge < -0.3 is 5.11 Å². The van der Waals surface area contributed by atoms with Crippen molar-refractivity contribution in [1.29, 1.82) is 0 Å². The lowest BCUT2D eigenvalue weighted by molar-refractivity contribution is -0.137. The molecule has 1 fully saturated rings. The Kier molecular flexibility index (Phi) is 5.73. The van der Waals surface area contributed by atoms with E-state index in [0.717, 1.165) is 29.3 Å². The molecule has 1 saturated heterocycles. The summed E-state index contributed by atoms with van der Waals surface area (Å²) in [4.78, 5) is 13.2. The van der Waals surface area contributed by atoms with E-state index in [1.807, 2.05) is 6.07 Å². The normalized spacial score (nSPS) is 21.9. The predicted octanol–water partition coefficient (Wildman–Crippen LogP) is 4.84. The third-order valence-corrected chi connectivity index (χ3v) is 5.51. The van der Waals surface area contributed by atoms with Gasteiger partial charge in [0.25, 0.3) is 0 Å². The molecule has 0 bridgehead atoms. The van der Waals surface area contributed by atoms with E-state index in [1.165, 1.54) is 17.8 Å². The number of carboxylic acid groups (broad SMARTS) is 1. The van der Waals surface area contributed by atoms with Crippen LogP contribution in [0.4, 0.5) is 0 Å². The average Bonchev–Trinajstić information content (AvgIpc) is 2.75. The number of halogens is 2. The molecule has 0 aliphatic carbocycles. The number of thiophene rings is 1. The Bertz CT molecular complexity index is 478. The zero-order valence-corrected chi connectivity index (χ0v) is 13.8. The number of hydrogen-bond donors (Lipinski definition) is 1. The SMILES string of the molecule is CC(c1cc(Cl)sc1Cl)N1CCCCC1CCC(=O)O. The molecule has 1 aliphatic rings. The van der Waals surface area contributed by atoms with E-state index in [9.17, 15) is 4.79 Å². The van der Waals surface area contributed by atoms with Crippen LogP contribution in [0.5, 0.6) is 0 Å². The van der Waals surface area contributed by atoms with Crippen LogP contribution in [0, 0.1) is 0 Å². The number of aliphatic carboxylic acids is 1. The number of rotatable bonds is 5. The van der Waals surface area contributed by atoms with Crippen molar-refractivity contribution in [3.63, 3.8) is 0 Å². The summed E-state index contributed by atoms with van der Waals surface area (Å²) < 4.78 is 1.45. The first-order chi connectivity index (χ1) is 9.49. The van der Waals surface area contributed by atoms with E-state index >= 15 is 0 Å². The van der Waals surface area contributed by atoms with Crippen molar-refractivity contribution in [3.8, 4) is 0 Å². The number of piperidine rings is 1. The van der Waals surface area contributed by atoms with E-state index in [4.69, 9.17) is 28.3 Å². The fourth-order valence-electron chi connectivity index (χ4n) is 2.95. The highest BCUT2D eigenvalue weighted by atomic mass is 35.5. The van der Waals surface area contributed by atoms with Crippen LogP contribution in [0.15, 0.2) is 6.07 Å². The van der Waals surface area contributed by atoms with Gasteiger partial charge in [0.2, 0.25) is 0 Å². The second kappa shape index (κ2) is 7.12. The Morgan fingerprint density at radius 3 is 2.90 bits per heavy atom. The molecule has 0 spiro atoms. The van der Waals surface area contributed by atoms with E-state index in [1.54, 1.807) is 0 Å². The van der Waals surface area contributed by atoms with Crippen molar-refractivity contribution >= 4 is 40.5 Å². The monoisotopic (exact) mass is 335 g/mol. The van der Waals surface area contributed by atoms with E-state index < -0.39 is 5.97 Å². The zero-order chi connectivity index (χ0) is 14.7. The summed E-state index contributed by atoms with van der Waals surface area (Å²) in [6, 6.07) is 2.44. The van der Waals surface area contributed by atoms with Crippen LogP contribution >= 0.6 is 34.5 Å². The Hall–Kier alpha value is -0.290. The molecule has 112 valence electrons. The average molecular weight is 336 g/mol. The van der Waals surface area contributed by atoms with Gasteiger partial charge in [-0.2, -0.15) is 0 Å². The lowest BCUT2D eigenvalue weighted by Crippen LogP contribution is -2.41. The molecule has 2 unspecified atom stereocenters. The van der Waals surface area contributed by atoms with Crippen molar-refractivity contribution in [2.75, 3.05) is 6.54 Å². The molecule has 1 N–H and O–H groups in total. The molecular weight excluding hydrogens is 317 g/mol. The number of likely N-dealkylation sites (tertiary alicyclic amines) is 1. The predicted molar refractivity (Wildman–Crippen MR) is 84.0 cm³/mol. The molecule has 2 rings (SSSR count). The molecule has 1 aromatic heterocycles. The quantitative estimate of drug-likeness (QED) is 0.837. The van der Waals surface area contributed by atoms with Crippen LogP contribution in [0.1, 0.15) is 50.6 Å². The summed E-state index contributed by atoms with van der Waals surface area (Å²) in [5.74, 6) is -0.722. The summed E-state index contributed by atoms with van der Waals surface area (Å²) >= 11 is 13.7. The Morgan fingerprint density at radius 1 is 1.55 bits per heavy atom. The maximum atomic E-state index is 10.8. The van der Waals surface area contributed by atoms with Crippen LogP contribution in [-0.2, 0) is 4.79 Å². The van der Waals surface area contributed by atoms with Gasteiger partial charge in [0.1, 0.15) is 0 Å². The molecule has 1 aromatic rings. The number of nitrogens with zero attached hydrogens (tertiary/aromatic N) is 1. The van der Waals surface area contributed by atoms with Crippen LogP contribution in [0.3, 0.4) is 0 Å². The summed E-state index contributed by atoms with van der Waals surface area (Å²) in [7, 11) is 0. The summed E-state index contributed by atoms with van der Waals surface area (Å²) in [5, 5.41) is 8.88. The number of hydrogen-bond acceptors (Lipinski definition) is 3. The first kappa shape index (κ1) is 16.1. The fraction of sp³-hybridized carbons (Fsp3) is 0.643. The van der Waals surface area contributed by atoms with Crippen molar-refractivity contribution in [2.45, 2.75) is 51.1 Å². The second-order valence-corrected chi connectivity index (χ2v) is 7.56. The molecule has 3 nitrogen and oxygen atoms in total. The third kappa shape index (κ3) is 3.88. The van der Waals surface area contributed by atoms with Gasteiger partial charge in [-0.3, -0.25) is 9.69 Å². The van der Waals surface area contributed by atoms with Gasteiger partial charge in [-0.15, -0.1) is 11.3 Å². The van der Waals surface area contributed by atoms with Crippen molar-refractivity contribution in [3.05, 3.63) is 20.3 Å². The van der Waals surface area contributed by atoms with Gasteiger partial charge in [-0.25, -0.2) is 0 Å². The molecule has 0 amide bonds. The lowest BCUT2D eigenvalue weighted by atomic mass is 9.95. The van der Waals surface area contributed by atoms with Crippen LogP contribution in [-0.4, -0.2) is 28.6 Å². The fourth-order valence-corrected chi connectivity index (χ4v) is 4.58. The van der Waals surface area contributed by atoms with Gasteiger partial charge in [0.15, 0.2) is 0 Å². The highest BCUT2D eigenvalue weighted by Gasteiger charge is 2.29. The van der Waals surface area contributed by atoms with Crippen molar-refractivity contribution < 1.29 is 9.90 Å². The Labute approximate surface area is 133 Å². The molecule has 2 heterocycles. The molecule has 2 atom stereocenters. The minimum atomic E-state index is -0.722. The van der Waals surface area contributed by atoms with Crippen LogP contribution in [0.2, 0.25) is 8.67 Å². The summed E-state index contributed by atoms with van der Waals surface area (Å²) in [6.07, 6.45) is 4.32. The molecule has 20 heavy (non-hydrogen) atoms. The van der Waals surface area contributed by atoms with Gasteiger partial charge in [-0.05, 0) is 38.8 Å². The van der Waals surface area contributed by atoms with E-state index in [2.05, 4.69) is 11.8 Å². The Morgan fingerprint density at radius 2 is 2.30 bits per heavy atom. The highest BCUT2D eigenvalue weighted by Crippen LogP contribution is 2.39. The van der Waals surface area contributed by atoms with Crippen LogP contribution < -0.4 is 0 Å². The second-order valence-electron chi connectivity index (χ2n) is 5.28. The lowest BCUT2D eigenvalue weighted by Gasteiger charge is -2.40. The largest absolute Gasteiger partial charge is 0.481 e. The van der Waals surface area contributed by atoms with Crippen molar-refractivity contribution in [1.82, 2.24) is 4.90 Å². The molecule has 0 saturated carbocycles. The summed E-state index contributed by atoms with van der Waals surface area (Å²) in [5.41, 5.74) is 1.06. The topological polar surface area (TPSA) is 40.5 Å². The first-order valence-corrected chi connectivity index (χ1v) is 8.48. The minimum Gasteiger partial charge on any atom is -0.481 e. The maximum Gasteiger partial charge on any atom is 0.303 e. The van der Waals surface area contributed by atoms with E-state index in [-0.39, 0.29) is 12.5 Å². The van der Waals surface area contributed by atoms with Crippen molar-refractivity contribution in [2.24, 2.45) is 0 Å². The van der Waals surface area contributed by atoms with Gasteiger partial charge in [0, 0.05) is 24.1 Å². The number of carboxylic acids is 1. The summed E-state index contributed by atoms with van der Waals surface area (Å²) in [6.45, 7) is 3.12. The molecule has 0 radical (unpaired) electrons. The van der Waals surface area contributed by atoms with Gasteiger partial charge in [-0.1, -0.05) is 29.6 Å². The van der Waals surface area contributed by atoms with Crippen LogP contribution in [0.25, 0.3) is 0 Å². The van der Waals surface area contributed by atoms with Gasteiger partial charge in [0.05, 0.1) is 8.67 Å². The van der Waals surface area contributed by atoms with E-state index in [0.29, 0.717) is 16.8 Å². The zero-order valence-electron chi connectivity index (χ0n) is 11.4. The third-order valence-electron chi connectivity index (χ3n) is 3.99. The maximum absolute atomic E-state index is 10.8. The number of carbonyl (C=O) groups is 1. The van der Waals surface area contributed by atoms with Gasteiger partial charge >= 0.3 is 5.97 Å². The molecular formula is C14H19Cl2NO2S. The minimum absolute atomic E-state index is 0.186. The molecule has 6 heteroatoms. The smallest absolute Gasteiger partial charge is 0.303 e. The molecule has 1 aliphatic heterocycles. The first-order valence-electron chi connectivity index (χ1n) is 6.91. The molecule has 0 aromatic carbocycles.